The van der Waals surface area contributed by atoms with Crippen molar-refractivity contribution in [1.29, 1.82) is 0 Å². The molecule has 0 saturated heterocycles. The molecule has 1 heterocycles. The van der Waals surface area contributed by atoms with Crippen LogP contribution in [-0.2, 0) is 0 Å². The van der Waals surface area contributed by atoms with Gasteiger partial charge >= 0.3 is 7.48 Å². The number of benzene rings is 1. The third-order valence-electron chi connectivity index (χ3n) is 1.74. The summed E-state index contributed by atoms with van der Waals surface area (Å²) in [7, 11) is 0.104. The molecule has 1 aromatic carbocycles. The minimum absolute atomic E-state index is 0.104. The molecule has 1 aromatic heterocycles. The standard InChI is InChI=1S/C8H8BNOS/c1-5-10-7-3-2-6(9-11)4-8(7)12-5/h2-4,9,11H,1H3. The van der Waals surface area contributed by atoms with E-state index in [9.17, 15) is 0 Å². The second-order valence-corrected chi connectivity index (χ2v) is 3.93. The number of aryl methyl sites for hydroxylation is 1. The van der Waals surface area contributed by atoms with E-state index in [-0.39, 0.29) is 7.48 Å². The molecule has 2 nitrogen and oxygen atoms in total. The molecule has 0 aliphatic rings. The van der Waals surface area contributed by atoms with E-state index in [4.69, 9.17) is 5.02 Å². The Labute approximate surface area is 75.2 Å². The molecule has 0 fully saturated rings. The summed E-state index contributed by atoms with van der Waals surface area (Å²) < 4.78 is 1.15. The molecule has 0 radical (unpaired) electrons. The summed E-state index contributed by atoms with van der Waals surface area (Å²) in [5.74, 6) is 0. The molecule has 0 amide bonds. The van der Waals surface area contributed by atoms with E-state index in [0.29, 0.717) is 0 Å². The highest BCUT2D eigenvalue weighted by Crippen LogP contribution is 2.19. The Hall–Kier alpha value is -0.865. The Morgan fingerprint density at radius 3 is 3.08 bits per heavy atom. The van der Waals surface area contributed by atoms with Crippen LogP contribution in [0, 0.1) is 6.92 Å². The predicted octanol–water partition coefficient (Wildman–Crippen LogP) is 0.574. The van der Waals surface area contributed by atoms with Crippen LogP contribution in [0.5, 0.6) is 0 Å². The molecule has 60 valence electrons. The lowest BCUT2D eigenvalue weighted by Gasteiger charge is -1.91. The highest BCUT2D eigenvalue weighted by Gasteiger charge is 2.00. The van der Waals surface area contributed by atoms with Crippen LogP contribution in [0.25, 0.3) is 10.2 Å². The van der Waals surface area contributed by atoms with Crippen molar-refractivity contribution in [1.82, 2.24) is 4.98 Å². The van der Waals surface area contributed by atoms with Crippen molar-refractivity contribution in [2.75, 3.05) is 0 Å². The zero-order valence-corrected chi connectivity index (χ0v) is 7.56. The maximum atomic E-state index is 8.89. The van der Waals surface area contributed by atoms with E-state index in [1.807, 2.05) is 25.1 Å². The normalized spacial score (nSPS) is 10.5. The van der Waals surface area contributed by atoms with Crippen molar-refractivity contribution in [3.05, 3.63) is 23.2 Å². The Morgan fingerprint density at radius 1 is 1.50 bits per heavy atom. The maximum Gasteiger partial charge on any atom is 0.304 e. The fourth-order valence-electron chi connectivity index (χ4n) is 1.18. The van der Waals surface area contributed by atoms with E-state index in [1.165, 1.54) is 0 Å². The summed E-state index contributed by atoms with van der Waals surface area (Å²) in [6.45, 7) is 1.99. The fourth-order valence-corrected chi connectivity index (χ4v) is 2.07. The van der Waals surface area contributed by atoms with E-state index in [1.54, 1.807) is 11.3 Å². The largest absolute Gasteiger partial charge is 0.449 e. The molecule has 0 unspecified atom stereocenters. The fraction of sp³-hybridized carbons (Fsp3) is 0.125. The minimum atomic E-state index is 0.104. The van der Waals surface area contributed by atoms with Gasteiger partial charge in [-0.1, -0.05) is 11.5 Å². The van der Waals surface area contributed by atoms with Gasteiger partial charge < -0.3 is 5.02 Å². The van der Waals surface area contributed by atoms with Crippen LogP contribution in [-0.4, -0.2) is 17.5 Å². The van der Waals surface area contributed by atoms with Gasteiger partial charge in [0.15, 0.2) is 0 Å². The molecule has 12 heavy (non-hydrogen) atoms. The molecular formula is C8H8BNOS. The predicted molar refractivity (Wildman–Crippen MR) is 53.4 cm³/mol. The molecule has 1 N–H and O–H groups in total. The zero-order chi connectivity index (χ0) is 8.55. The lowest BCUT2D eigenvalue weighted by atomic mass is 9.89. The lowest BCUT2D eigenvalue weighted by Crippen LogP contribution is -2.11. The van der Waals surface area contributed by atoms with Gasteiger partial charge in [0.05, 0.1) is 15.2 Å². The molecule has 4 heteroatoms. The molecule has 2 rings (SSSR count). The summed E-state index contributed by atoms with van der Waals surface area (Å²) in [6.07, 6.45) is 0. The number of fused-ring (bicyclic) bond motifs is 1. The number of rotatable bonds is 1. The highest BCUT2D eigenvalue weighted by molar-refractivity contribution is 7.18. The molecule has 0 saturated carbocycles. The van der Waals surface area contributed by atoms with Crippen molar-refractivity contribution >= 4 is 34.5 Å². The lowest BCUT2D eigenvalue weighted by molar-refractivity contribution is 0.615. The van der Waals surface area contributed by atoms with Crippen LogP contribution in [0.4, 0.5) is 0 Å². The first-order valence-electron chi connectivity index (χ1n) is 3.76. The van der Waals surface area contributed by atoms with E-state index in [2.05, 4.69) is 4.98 Å². The summed E-state index contributed by atoms with van der Waals surface area (Å²) in [5.41, 5.74) is 1.97. The molecule has 0 atom stereocenters. The third kappa shape index (κ3) is 1.23. The van der Waals surface area contributed by atoms with Crippen molar-refractivity contribution in [2.24, 2.45) is 0 Å². The number of nitrogens with zero attached hydrogens (tertiary/aromatic N) is 1. The van der Waals surface area contributed by atoms with Crippen molar-refractivity contribution in [2.45, 2.75) is 6.92 Å². The SMILES string of the molecule is Cc1nc2ccc(BO)cc2s1. The van der Waals surface area contributed by atoms with Crippen molar-refractivity contribution in [3.63, 3.8) is 0 Å². The Kier molecular flexibility index (Phi) is 1.86. The van der Waals surface area contributed by atoms with E-state index >= 15 is 0 Å². The van der Waals surface area contributed by atoms with Crippen molar-refractivity contribution in [3.8, 4) is 0 Å². The second-order valence-electron chi connectivity index (χ2n) is 2.69. The third-order valence-corrected chi connectivity index (χ3v) is 2.68. The Bertz CT molecular complexity index is 412. The Morgan fingerprint density at radius 2 is 2.33 bits per heavy atom. The van der Waals surface area contributed by atoms with Gasteiger partial charge in [-0.25, -0.2) is 4.98 Å². The summed E-state index contributed by atoms with van der Waals surface area (Å²) >= 11 is 1.66. The number of thiazole rings is 1. The topological polar surface area (TPSA) is 33.1 Å². The highest BCUT2D eigenvalue weighted by atomic mass is 32.1. The number of hydrogen-bond donors (Lipinski definition) is 1. The minimum Gasteiger partial charge on any atom is -0.449 e. The molecule has 2 aromatic rings. The van der Waals surface area contributed by atoms with E-state index < -0.39 is 0 Å². The van der Waals surface area contributed by atoms with Crippen LogP contribution < -0.4 is 5.46 Å². The van der Waals surface area contributed by atoms with Crippen LogP contribution >= 0.6 is 11.3 Å². The summed E-state index contributed by atoms with van der Waals surface area (Å²) in [5, 5.41) is 9.96. The van der Waals surface area contributed by atoms with Gasteiger partial charge in [-0.15, -0.1) is 11.3 Å². The molecule has 0 bridgehead atoms. The monoisotopic (exact) mass is 177 g/mol. The quantitative estimate of drug-likeness (QED) is 0.646. The molecule has 0 spiro atoms. The van der Waals surface area contributed by atoms with Gasteiger partial charge in [0.1, 0.15) is 0 Å². The first kappa shape index (κ1) is 7.77. The zero-order valence-electron chi connectivity index (χ0n) is 6.74. The summed E-state index contributed by atoms with van der Waals surface area (Å²) in [6, 6.07) is 5.84. The van der Waals surface area contributed by atoms with Crippen LogP contribution in [0.2, 0.25) is 0 Å². The van der Waals surface area contributed by atoms with Gasteiger partial charge in [0.25, 0.3) is 0 Å². The average Bonchev–Trinajstić information content (AvgIpc) is 2.43. The molecular weight excluding hydrogens is 169 g/mol. The second kappa shape index (κ2) is 2.88. The van der Waals surface area contributed by atoms with E-state index in [0.717, 1.165) is 20.7 Å². The van der Waals surface area contributed by atoms with Gasteiger partial charge in [-0.05, 0) is 19.1 Å². The van der Waals surface area contributed by atoms with Crippen LogP contribution in [0.3, 0.4) is 0 Å². The summed E-state index contributed by atoms with van der Waals surface area (Å²) in [4.78, 5) is 4.33. The number of aromatic nitrogens is 1. The van der Waals surface area contributed by atoms with Crippen molar-refractivity contribution < 1.29 is 5.02 Å². The maximum absolute atomic E-state index is 8.89. The van der Waals surface area contributed by atoms with Crippen LogP contribution in [0.15, 0.2) is 18.2 Å². The molecule has 0 aliphatic heterocycles. The van der Waals surface area contributed by atoms with Gasteiger partial charge in [-0.3, -0.25) is 0 Å². The first-order chi connectivity index (χ1) is 5.79. The Balaban J connectivity index is 2.66. The average molecular weight is 177 g/mol. The number of hydrogen-bond acceptors (Lipinski definition) is 3. The molecule has 0 aliphatic carbocycles. The first-order valence-corrected chi connectivity index (χ1v) is 4.58. The van der Waals surface area contributed by atoms with Gasteiger partial charge in [0, 0.05) is 0 Å². The smallest absolute Gasteiger partial charge is 0.304 e. The van der Waals surface area contributed by atoms with Crippen LogP contribution in [0.1, 0.15) is 5.01 Å². The van der Waals surface area contributed by atoms with Gasteiger partial charge in [-0.2, -0.15) is 0 Å². The van der Waals surface area contributed by atoms with Gasteiger partial charge in [0.2, 0.25) is 0 Å².